The molecule has 0 atom stereocenters. The highest BCUT2D eigenvalue weighted by molar-refractivity contribution is 7.78. The van der Waals surface area contributed by atoms with Gasteiger partial charge in [0.2, 0.25) is 0 Å². The second-order valence-electron chi connectivity index (χ2n) is 1.22. The number of hydrogen-bond donors (Lipinski definition) is 0. The summed E-state index contributed by atoms with van der Waals surface area (Å²) in [7, 11) is 0. The third-order valence-electron chi connectivity index (χ3n) is 0.662. The second kappa shape index (κ2) is 3.02. The number of hydrogen-bond acceptors (Lipinski definition) is 4. The first kappa shape index (κ1) is 6.01. The maximum absolute atomic E-state index is 4.50. The number of nitrogens with zero attached hydrogens (tertiary/aromatic N) is 1. The van der Waals surface area contributed by atoms with Crippen LogP contribution in [0.4, 0.5) is 0 Å². The molecule has 0 amide bonds. The molecule has 46 valence electrons. The van der Waals surface area contributed by atoms with Crippen molar-refractivity contribution in [2.24, 2.45) is 4.99 Å². The fourth-order valence-corrected chi connectivity index (χ4v) is 0.449. The van der Waals surface area contributed by atoms with E-state index in [2.05, 4.69) is 32.1 Å². The molecule has 0 N–H and O–H groups in total. The van der Waals surface area contributed by atoms with Crippen molar-refractivity contribution in [2.45, 2.75) is 0 Å². The molecule has 0 unspecified atom stereocenters. The van der Waals surface area contributed by atoms with Crippen molar-refractivity contribution < 1.29 is 9.78 Å². The van der Waals surface area contributed by atoms with Crippen molar-refractivity contribution in [1.29, 1.82) is 0 Å². The molecule has 4 heteroatoms. The van der Waals surface area contributed by atoms with Crippen LogP contribution in [0, 0.1) is 0 Å². The molecule has 1 aliphatic heterocycles. The summed E-state index contributed by atoms with van der Waals surface area (Å²) >= 11 is 4.32. The first-order valence-electron chi connectivity index (χ1n) is 2.21. The van der Waals surface area contributed by atoms with E-state index < -0.39 is 0 Å². The van der Waals surface area contributed by atoms with Crippen LogP contribution in [-0.4, -0.2) is 5.16 Å². The first-order valence-corrected chi connectivity index (χ1v) is 2.62. The molecule has 0 radical (unpaired) electrons. The lowest BCUT2D eigenvalue weighted by molar-refractivity contribution is -0.214. The zero-order valence-electron chi connectivity index (χ0n) is 4.40. The van der Waals surface area contributed by atoms with Crippen LogP contribution in [0.1, 0.15) is 0 Å². The molecule has 0 spiro atoms. The highest BCUT2D eigenvalue weighted by atomic mass is 32.1. The van der Waals surface area contributed by atoms with E-state index in [-0.39, 0.29) is 0 Å². The smallest absolute Gasteiger partial charge is 0.278 e. The molecule has 1 heterocycles. The number of thiocarbonyl (C=S) groups is 1. The Morgan fingerprint density at radius 1 is 1.67 bits per heavy atom. The Bertz CT molecular complexity index is 203. The quantitative estimate of drug-likeness (QED) is 0.314. The van der Waals surface area contributed by atoms with Gasteiger partial charge in [0, 0.05) is 6.08 Å². The standard InChI is InChI=1S/C5H3NO2S/c9-4-6-5-2-1-3-7-8-5/h1-3H. The van der Waals surface area contributed by atoms with Gasteiger partial charge in [0.25, 0.3) is 5.88 Å². The number of rotatable bonds is 1. The average Bonchev–Trinajstić information content (AvgIpc) is 1.91. The van der Waals surface area contributed by atoms with Crippen LogP contribution >= 0.6 is 12.2 Å². The predicted octanol–water partition coefficient (Wildman–Crippen LogP) is 1.41. The first-order chi connectivity index (χ1) is 4.43. The number of allylic oxidation sites excluding steroid dienone is 2. The van der Waals surface area contributed by atoms with Crippen LogP contribution in [0.15, 0.2) is 29.3 Å². The summed E-state index contributed by atoms with van der Waals surface area (Å²) in [6.45, 7) is 0. The van der Waals surface area contributed by atoms with E-state index in [1.54, 1.807) is 12.2 Å². The van der Waals surface area contributed by atoms with Gasteiger partial charge < -0.3 is 0 Å². The summed E-state index contributed by atoms with van der Waals surface area (Å²) in [5.41, 5.74) is 0. The van der Waals surface area contributed by atoms with Crippen molar-refractivity contribution in [1.82, 2.24) is 0 Å². The molecule has 0 aromatic rings. The largest absolute Gasteiger partial charge is 0.296 e. The van der Waals surface area contributed by atoms with Crippen LogP contribution in [-0.2, 0) is 9.78 Å². The van der Waals surface area contributed by atoms with Gasteiger partial charge in [0.15, 0.2) is 0 Å². The van der Waals surface area contributed by atoms with E-state index in [1.165, 1.54) is 6.26 Å². The average molecular weight is 141 g/mol. The summed E-state index contributed by atoms with van der Waals surface area (Å²) in [5, 5.41) is 2.14. The van der Waals surface area contributed by atoms with Crippen LogP contribution in [0.5, 0.6) is 0 Å². The van der Waals surface area contributed by atoms with E-state index in [9.17, 15) is 0 Å². The molecule has 1 rings (SSSR count). The summed E-state index contributed by atoms with van der Waals surface area (Å²) < 4.78 is 0. The third-order valence-corrected chi connectivity index (χ3v) is 0.754. The van der Waals surface area contributed by atoms with Crippen molar-refractivity contribution in [3.8, 4) is 0 Å². The summed E-state index contributed by atoms with van der Waals surface area (Å²) in [6.07, 6.45) is 4.65. The zero-order chi connectivity index (χ0) is 6.53. The Kier molecular flexibility index (Phi) is 2.01. The number of aliphatic imine (C=N–C) groups is 1. The van der Waals surface area contributed by atoms with Gasteiger partial charge in [-0.1, -0.05) is 0 Å². The maximum atomic E-state index is 4.50. The van der Waals surface area contributed by atoms with Crippen molar-refractivity contribution >= 4 is 17.4 Å². The molecule has 0 aromatic carbocycles. The van der Waals surface area contributed by atoms with Crippen LogP contribution in [0.3, 0.4) is 0 Å². The molecular weight excluding hydrogens is 138 g/mol. The maximum Gasteiger partial charge on any atom is 0.278 e. The summed E-state index contributed by atoms with van der Waals surface area (Å²) in [5.74, 6) is 0.313. The molecule has 0 saturated carbocycles. The van der Waals surface area contributed by atoms with Gasteiger partial charge >= 0.3 is 0 Å². The third kappa shape index (κ3) is 1.68. The van der Waals surface area contributed by atoms with Gasteiger partial charge in [0.1, 0.15) is 6.26 Å². The Hall–Kier alpha value is -1.12. The highest BCUT2D eigenvalue weighted by Crippen LogP contribution is 2.04. The van der Waals surface area contributed by atoms with Gasteiger partial charge in [-0.25, -0.2) is 0 Å². The van der Waals surface area contributed by atoms with Gasteiger partial charge in [-0.05, 0) is 18.3 Å². The fraction of sp³-hybridized carbons (Fsp3) is 0. The van der Waals surface area contributed by atoms with Gasteiger partial charge in [-0.2, -0.15) is 4.99 Å². The molecule has 0 aliphatic carbocycles. The van der Waals surface area contributed by atoms with Crippen LogP contribution in [0.2, 0.25) is 0 Å². The summed E-state index contributed by atoms with van der Waals surface area (Å²) in [6, 6.07) is 0. The molecule has 9 heavy (non-hydrogen) atoms. The van der Waals surface area contributed by atoms with Crippen LogP contribution in [0.25, 0.3) is 0 Å². The second-order valence-corrected chi connectivity index (χ2v) is 1.40. The van der Waals surface area contributed by atoms with Gasteiger partial charge in [-0.3, -0.25) is 9.78 Å². The molecule has 0 saturated heterocycles. The Labute approximate surface area is 57.2 Å². The van der Waals surface area contributed by atoms with Crippen molar-refractivity contribution in [3.63, 3.8) is 0 Å². The van der Waals surface area contributed by atoms with E-state index in [0.29, 0.717) is 5.88 Å². The lowest BCUT2D eigenvalue weighted by Gasteiger charge is -2.01. The Balaban J connectivity index is 2.68. The SMILES string of the molecule is S=C=NC1=CC=COO1. The van der Waals surface area contributed by atoms with E-state index in [4.69, 9.17) is 0 Å². The van der Waals surface area contributed by atoms with Crippen molar-refractivity contribution in [2.75, 3.05) is 0 Å². The van der Waals surface area contributed by atoms with E-state index in [0.717, 1.165) is 0 Å². The molecule has 3 nitrogen and oxygen atoms in total. The lowest BCUT2D eigenvalue weighted by atomic mass is 10.5. The molecule has 0 bridgehead atoms. The molecule has 0 aromatic heterocycles. The Morgan fingerprint density at radius 3 is 3.11 bits per heavy atom. The topological polar surface area (TPSA) is 30.8 Å². The van der Waals surface area contributed by atoms with Crippen LogP contribution < -0.4 is 0 Å². The number of isothiocyanates is 1. The minimum Gasteiger partial charge on any atom is -0.296 e. The van der Waals surface area contributed by atoms with Crippen molar-refractivity contribution in [3.05, 3.63) is 24.3 Å². The van der Waals surface area contributed by atoms with Gasteiger partial charge in [0.05, 0.1) is 5.16 Å². The highest BCUT2D eigenvalue weighted by Gasteiger charge is 1.95. The minimum absolute atomic E-state index is 0.313. The minimum atomic E-state index is 0.313. The Morgan fingerprint density at radius 2 is 2.56 bits per heavy atom. The zero-order valence-corrected chi connectivity index (χ0v) is 5.22. The normalized spacial score (nSPS) is 14.4. The fourth-order valence-electron chi connectivity index (χ4n) is 0.359. The molecular formula is C5H3NO2S. The predicted molar refractivity (Wildman–Crippen MR) is 34.4 cm³/mol. The lowest BCUT2D eigenvalue weighted by Crippen LogP contribution is -1.89. The molecule has 1 aliphatic rings. The van der Waals surface area contributed by atoms with Gasteiger partial charge in [-0.15, -0.1) is 0 Å². The summed E-state index contributed by atoms with van der Waals surface area (Å²) in [4.78, 5) is 12.4. The monoisotopic (exact) mass is 141 g/mol. The molecule has 0 fully saturated rings. The van der Waals surface area contributed by atoms with E-state index in [1.807, 2.05) is 0 Å². The van der Waals surface area contributed by atoms with E-state index >= 15 is 0 Å².